The Kier molecular flexibility index (Phi) is 7.49. The van der Waals surface area contributed by atoms with E-state index in [4.69, 9.17) is 9.47 Å². The van der Waals surface area contributed by atoms with Gasteiger partial charge in [0.2, 0.25) is 0 Å². The first-order chi connectivity index (χ1) is 15.4. The Bertz CT molecular complexity index is 1010. The van der Waals surface area contributed by atoms with Crippen molar-refractivity contribution < 1.29 is 23.9 Å². The summed E-state index contributed by atoms with van der Waals surface area (Å²) in [5, 5.41) is 2.82. The summed E-state index contributed by atoms with van der Waals surface area (Å²) >= 11 is 0. The Balaban J connectivity index is 1.67. The molecule has 2 aromatic rings. The highest BCUT2D eigenvalue weighted by Crippen LogP contribution is 2.25. The number of hydrogen-bond donors (Lipinski definition) is 0. The maximum atomic E-state index is 12.8. The fourth-order valence-corrected chi connectivity index (χ4v) is 3.47. The molecule has 3 rings (SSSR count). The second-order valence-corrected chi connectivity index (χ2v) is 7.30. The maximum Gasteiger partial charge on any atom is 0.265 e. The average Bonchev–Trinajstić information content (AvgIpc) is 3.32. The van der Waals surface area contributed by atoms with E-state index in [1.165, 1.54) is 21.0 Å². The predicted octanol–water partition coefficient (Wildman–Crippen LogP) is 2.47. The highest BCUT2D eigenvalue weighted by molar-refractivity contribution is 5.97. The molecule has 0 radical (unpaired) electrons. The van der Waals surface area contributed by atoms with Crippen LogP contribution in [0.2, 0.25) is 0 Å². The molecule has 1 aliphatic rings. The SMILES string of the molecule is COc1ccc(OC)c(C=CC(=O)N2CCCN2C(=O)CN(C)C(=O)c2ccccc2)c1. The number of methoxy groups -OCH3 is 2. The molecule has 168 valence electrons. The molecule has 8 nitrogen and oxygen atoms in total. The molecule has 1 fully saturated rings. The van der Waals surface area contributed by atoms with E-state index < -0.39 is 0 Å². The normalized spacial score (nSPS) is 13.3. The zero-order valence-corrected chi connectivity index (χ0v) is 18.5. The van der Waals surface area contributed by atoms with Crippen LogP contribution in [0.1, 0.15) is 22.3 Å². The average molecular weight is 437 g/mol. The minimum Gasteiger partial charge on any atom is -0.497 e. The van der Waals surface area contributed by atoms with Gasteiger partial charge in [0.1, 0.15) is 18.0 Å². The van der Waals surface area contributed by atoms with Gasteiger partial charge in [-0.25, -0.2) is 10.0 Å². The van der Waals surface area contributed by atoms with E-state index in [1.54, 1.807) is 69.8 Å². The number of benzene rings is 2. The summed E-state index contributed by atoms with van der Waals surface area (Å²) in [6.07, 6.45) is 3.71. The van der Waals surface area contributed by atoms with Gasteiger partial charge in [-0.2, -0.15) is 0 Å². The lowest BCUT2D eigenvalue weighted by atomic mass is 10.1. The van der Waals surface area contributed by atoms with Crippen LogP contribution in [0, 0.1) is 0 Å². The summed E-state index contributed by atoms with van der Waals surface area (Å²) in [6.45, 7) is 0.736. The first-order valence-corrected chi connectivity index (χ1v) is 10.3. The number of hydrogen-bond acceptors (Lipinski definition) is 5. The van der Waals surface area contributed by atoms with E-state index in [-0.39, 0.29) is 24.3 Å². The molecular weight excluding hydrogens is 410 g/mol. The zero-order chi connectivity index (χ0) is 23.1. The topological polar surface area (TPSA) is 79.4 Å². The lowest BCUT2D eigenvalue weighted by molar-refractivity contribution is -0.154. The van der Waals surface area contributed by atoms with Gasteiger partial charge < -0.3 is 14.4 Å². The fourth-order valence-electron chi connectivity index (χ4n) is 3.47. The largest absolute Gasteiger partial charge is 0.497 e. The van der Waals surface area contributed by atoms with Crippen molar-refractivity contribution in [2.45, 2.75) is 6.42 Å². The first-order valence-electron chi connectivity index (χ1n) is 10.3. The maximum absolute atomic E-state index is 12.8. The summed E-state index contributed by atoms with van der Waals surface area (Å²) < 4.78 is 10.6. The molecule has 8 heteroatoms. The second kappa shape index (κ2) is 10.5. The molecule has 1 heterocycles. The Hall–Kier alpha value is -3.81. The van der Waals surface area contributed by atoms with E-state index in [0.29, 0.717) is 42.1 Å². The predicted molar refractivity (Wildman–Crippen MR) is 120 cm³/mol. The first kappa shape index (κ1) is 22.9. The van der Waals surface area contributed by atoms with E-state index in [1.807, 2.05) is 6.07 Å². The number of amides is 3. The second-order valence-electron chi connectivity index (χ2n) is 7.30. The Morgan fingerprint density at radius 1 is 1.00 bits per heavy atom. The van der Waals surface area contributed by atoms with Crippen LogP contribution in [0.25, 0.3) is 6.08 Å². The van der Waals surface area contributed by atoms with Crippen molar-refractivity contribution in [3.05, 3.63) is 65.7 Å². The van der Waals surface area contributed by atoms with Gasteiger partial charge in [-0.05, 0) is 42.8 Å². The molecule has 0 N–H and O–H groups in total. The van der Waals surface area contributed by atoms with E-state index in [9.17, 15) is 14.4 Å². The van der Waals surface area contributed by atoms with Crippen molar-refractivity contribution in [2.75, 3.05) is 40.9 Å². The third kappa shape index (κ3) is 5.26. The number of hydrazine groups is 1. The van der Waals surface area contributed by atoms with Crippen molar-refractivity contribution in [1.82, 2.24) is 14.9 Å². The van der Waals surface area contributed by atoms with Crippen LogP contribution in [-0.2, 0) is 9.59 Å². The van der Waals surface area contributed by atoms with Crippen LogP contribution < -0.4 is 9.47 Å². The highest BCUT2D eigenvalue weighted by Gasteiger charge is 2.30. The molecule has 0 spiro atoms. The Morgan fingerprint density at radius 3 is 2.41 bits per heavy atom. The van der Waals surface area contributed by atoms with Gasteiger partial charge in [-0.3, -0.25) is 14.4 Å². The van der Waals surface area contributed by atoms with Gasteiger partial charge in [-0.1, -0.05) is 18.2 Å². The Morgan fingerprint density at radius 2 is 1.72 bits per heavy atom. The van der Waals surface area contributed by atoms with Crippen LogP contribution in [0.3, 0.4) is 0 Å². The van der Waals surface area contributed by atoms with Crippen LogP contribution in [-0.4, -0.2) is 73.5 Å². The highest BCUT2D eigenvalue weighted by atomic mass is 16.5. The monoisotopic (exact) mass is 437 g/mol. The summed E-state index contributed by atoms with van der Waals surface area (Å²) in [5.74, 6) is 0.362. The van der Waals surface area contributed by atoms with E-state index in [0.717, 1.165) is 0 Å². The number of nitrogens with zero attached hydrogens (tertiary/aromatic N) is 3. The number of carbonyl (C=O) groups excluding carboxylic acids is 3. The number of likely N-dealkylation sites (N-methyl/N-ethyl adjacent to an activating group) is 1. The third-order valence-electron chi connectivity index (χ3n) is 5.16. The molecule has 1 aliphatic heterocycles. The quantitative estimate of drug-likeness (QED) is 0.622. The smallest absolute Gasteiger partial charge is 0.265 e. The minimum atomic E-state index is -0.322. The summed E-state index contributed by atoms with van der Waals surface area (Å²) in [4.78, 5) is 39.5. The lowest BCUT2D eigenvalue weighted by Gasteiger charge is -2.28. The fraction of sp³-hybridized carbons (Fsp3) is 0.292. The minimum absolute atomic E-state index is 0.120. The lowest BCUT2D eigenvalue weighted by Crippen LogP contribution is -2.48. The third-order valence-corrected chi connectivity index (χ3v) is 5.16. The van der Waals surface area contributed by atoms with Crippen LogP contribution in [0.5, 0.6) is 11.5 Å². The standard InChI is InChI=1S/C24H27N3O5/c1-25(24(30)18-8-5-4-6-9-18)17-23(29)27-15-7-14-26(27)22(28)13-10-19-16-20(31-2)11-12-21(19)32-3/h4-6,8-13,16H,7,14-15,17H2,1-3H3. The summed E-state index contributed by atoms with van der Waals surface area (Å²) in [7, 11) is 4.69. The van der Waals surface area contributed by atoms with Crippen molar-refractivity contribution in [1.29, 1.82) is 0 Å². The molecule has 0 saturated carbocycles. The van der Waals surface area contributed by atoms with Crippen LogP contribution in [0.4, 0.5) is 0 Å². The number of carbonyl (C=O) groups is 3. The van der Waals surface area contributed by atoms with Gasteiger partial charge in [0.15, 0.2) is 0 Å². The van der Waals surface area contributed by atoms with Gasteiger partial charge in [0.25, 0.3) is 17.7 Å². The van der Waals surface area contributed by atoms with Gasteiger partial charge >= 0.3 is 0 Å². The molecule has 1 saturated heterocycles. The van der Waals surface area contributed by atoms with Gasteiger partial charge in [0.05, 0.1) is 14.2 Å². The number of rotatable bonds is 7. The van der Waals surface area contributed by atoms with Crippen molar-refractivity contribution >= 4 is 23.8 Å². The molecule has 0 aliphatic carbocycles. The molecule has 0 atom stereocenters. The molecular formula is C24H27N3O5. The molecule has 0 aromatic heterocycles. The van der Waals surface area contributed by atoms with E-state index >= 15 is 0 Å². The molecule has 0 unspecified atom stereocenters. The van der Waals surface area contributed by atoms with Gasteiger partial charge in [0, 0.05) is 37.3 Å². The summed E-state index contributed by atoms with van der Waals surface area (Å²) in [5.41, 5.74) is 1.19. The van der Waals surface area contributed by atoms with Crippen molar-refractivity contribution in [3.63, 3.8) is 0 Å². The Labute approximate surface area is 187 Å². The molecule has 32 heavy (non-hydrogen) atoms. The number of ether oxygens (including phenoxy) is 2. The molecule has 0 bridgehead atoms. The summed E-state index contributed by atoms with van der Waals surface area (Å²) in [6, 6.07) is 14.1. The van der Waals surface area contributed by atoms with Gasteiger partial charge in [-0.15, -0.1) is 0 Å². The van der Waals surface area contributed by atoms with E-state index in [2.05, 4.69) is 0 Å². The van der Waals surface area contributed by atoms with Crippen LogP contribution in [0.15, 0.2) is 54.6 Å². The molecule has 2 aromatic carbocycles. The van der Waals surface area contributed by atoms with Crippen molar-refractivity contribution in [2.24, 2.45) is 0 Å². The zero-order valence-electron chi connectivity index (χ0n) is 18.5. The van der Waals surface area contributed by atoms with Crippen LogP contribution >= 0.6 is 0 Å². The van der Waals surface area contributed by atoms with Crippen molar-refractivity contribution in [3.8, 4) is 11.5 Å². The molecule has 3 amide bonds.